The van der Waals surface area contributed by atoms with Gasteiger partial charge in [-0.1, -0.05) is 22.9 Å². The molecule has 1 aromatic carbocycles. The van der Waals surface area contributed by atoms with E-state index in [9.17, 15) is 4.39 Å². The summed E-state index contributed by atoms with van der Waals surface area (Å²) in [7, 11) is 0. The lowest BCUT2D eigenvalue weighted by Crippen LogP contribution is -2.35. The number of rotatable bonds is 5. The summed E-state index contributed by atoms with van der Waals surface area (Å²) in [6.07, 6.45) is 3.46. The topological polar surface area (TPSA) is 12.0 Å². The van der Waals surface area contributed by atoms with E-state index in [2.05, 4.69) is 35.1 Å². The summed E-state index contributed by atoms with van der Waals surface area (Å²) >= 11 is 3.35. The molecule has 3 heteroatoms. The van der Waals surface area contributed by atoms with E-state index in [0.29, 0.717) is 11.5 Å². The number of hydrogen-bond acceptors (Lipinski definition) is 1. The number of benzene rings is 1. The van der Waals surface area contributed by atoms with Crippen LogP contribution in [0.1, 0.15) is 32.3 Å². The number of hydrogen-bond donors (Lipinski definition) is 1. The molecule has 1 atom stereocenters. The summed E-state index contributed by atoms with van der Waals surface area (Å²) in [5.41, 5.74) is 1.45. The summed E-state index contributed by atoms with van der Waals surface area (Å²) in [6, 6.07) is 5.71. The van der Waals surface area contributed by atoms with Gasteiger partial charge in [0.05, 0.1) is 0 Å². The Labute approximate surface area is 111 Å². The highest BCUT2D eigenvalue weighted by Gasteiger charge is 2.46. The van der Waals surface area contributed by atoms with Crippen molar-refractivity contribution in [3.05, 3.63) is 34.1 Å². The normalized spacial score (nSPS) is 19.1. The van der Waals surface area contributed by atoms with Crippen LogP contribution in [0.2, 0.25) is 0 Å². The van der Waals surface area contributed by atoms with Crippen LogP contribution in [0.4, 0.5) is 4.39 Å². The molecule has 1 aliphatic carbocycles. The maximum absolute atomic E-state index is 13.3. The predicted molar refractivity (Wildman–Crippen MR) is 72.6 cm³/mol. The number of halogens is 2. The average molecular weight is 300 g/mol. The molecule has 0 radical (unpaired) electrons. The smallest absolute Gasteiger partial charge is 0.124 e. The van der Waals surface area contributed by atoms with Crippen molar-refractivity contribution in [1.29, 1.82) is 0 Å². The minimum absolute atomic E-state index is 0.152. The molecule has 1 unspecified atom stereocenters. The van der Waals surface area contributed by atoms with Crippen LogP contribution in [0.3, 0.4) is 0 Å². The lowest BCUT2D eigenvalue weighted by Gasteiger charge is -2.24. The molecule has 0 aromatic heterocycles. The Kier molecular flexibility index (Phi) is 3.88. The van der Waals surface area contributed by atoms with Crippen molar-refractivity contribution in [1.82, 2.24) is 5.32 Å². The van der Waals surface area contributed by atoms with Gasteiger partial charge in [0, 0.05) is 10.5 Å². The van der Waals surface area contributed by atoms with Gasteiger partial charge in [0.1, 0.15) is 5.82 Å². The molecular formula is C14H19BrFN. The lowest BCUT2D eigenvalue weighted by atomic mass is 9.90. The van der Waals surface area contributed by atoms with Crippen LogP contribution in [0.15, 0.2) is 22.7 Å². The first-order valence-electron chi connectivity index (χ1n) is 6.24. The molecule has 2 rings (SSSR count). The Balaban J connectivity index is 2.10. The molecule has 1 nitrogen and oxygen atoms in total. The second-order valence-electron chi connectivity index (χ2n) is 5.10. The maximum Gasteiger partial charge on any atom is 0.124 e. The molecular weight excluding hydrogens is 281 g/mol. The Morgan fingerprint density at radius 2 is 2.12 bits per heavy atom. The van der Waals surface area contributed by atoms with E-state index in [1.807, 2.05) is 6.07 Å². The van der Waals surface area contributed by atoms with Gasteiger partial charge in [0.2, 0.25) is 0 Å². The predicted octanol–water partition coefficient (Wildman–Crippen LogP) is 3.91. The van der Waals surface area contributed by atoms with Gasteiger partial charge in [-0.05, 0) is 61.9 Å². The van der Waals surface area contributed by atoms with Crippen LogP contribution >= 0.6 is 15.9 Å². The summed E-state index contributed by atoms with van der Waals surface area (Å²) < 4.78 is 14.2. The quantitative estimate of drug-likeness (QED) is 0.869. The van der Waals surface area contributed by atoms with Gasteiger partial charge < -0.3 is 5.32 Å². The average Bonchev–Trinajstić information content (AvgIpc) is 2.97. The van der Waals surface area contributed by atoms with Crippen molar-refractivity contribution in [3.63, 3.8) is 0 Å². The van der Waals surface area contributed by atoms with Gasteiger partial charge in [-0.15, -0.1) is 0 Å². The first-order chi connectivity index (χ1) is 8.05. The zero-order chi connectivity index (χ0) is 12.5. The molecule has 1 aromatic rings. The van der Waals surface area contributed by atoms with E-state index >= 15 is 0 Å². The van der Waals surface area contributed by atoms with Crippen molar-refractivity contribution in [3.8, 4) is 0 Å². The van der Waals surface area contributed by atoms with E-state index in [-0.39, 0.29) is 5.82 Å². The van der Waals surface area contributed by atoms with Crippen LogP contribution in [-0.2, 0) is 6.42 Å². The molecule has 0 heterocycles. The first-order valence-corrected chi connectivity index (χ1v) is 7.03. The lowest BCUT2D eigenvalue weighted by molar-refractivity contribution is 0.355. The highest BCUT2D eigenvalue weighted by molar-refractivity contribution is 9.10. The molecule has 0 saturated heterocycles. The van der Waals surface area contributed by atoms with E-state index in [0.717, 1.165) is 23.0 Å². The third-order valence-corrected chi connectivity index (χ3v) is 4.26. The zero-order valence-corrected chi connectivity index (χ0v) is 12.0. The van der Waals surface area contributed by atoms with Crippen molar-refractivity contribution in [2.24, 2.45) is 5.41 Å². The minimum atomic E-state index is -0.152. The second kappa shape index (κ2) is 5.07. The number of nitrogens with one attached hydrogen (secondary N) is 1. The van der Waals surface area contributed by atoms with Crippen LogP contribution in [0.25, 0.3) is 0 Å². The van der Waals surface area contributed by atoms with Crippen LogP contribution < -0.4 is 5.32 Å². The molecule has 17 heavy (non-hydrogen) atoms. The first kappa shape index (κ1) is 13.0. The molecule has 1 fully saturated rings. The van der Waals surface area contributed by atoms with Crippen LogP contribution in [0.5, 0.6) is 0 Å². The third-order valence-electron chi connectivity index (χ3n) is 3.80. The van der Waals surface area contributed by atoms with Crippen molar-refractivity contribution < 1.29 is 4.39 Å². The maximum atomic E-state index is 13.3. The summed E-state index contributed by atoms with van der Waals surface area (Å²) in [5, 5.41) is 3.49. The van der Waals surface area contributed by atoms with Crippen molar-refractivity contribution >= 4 is 15.9 Å². The molecule has 94 valence electrons. The van der Waals surface area contributed by atoms with Gasteiger partial charge in [-0.2, -0.15) is 0 Å². The molecule has 1 aliphatic rings. The summed E-state index contributed by atoms with van der Waals surface area (Å²) in [4.78, 5) is 0. The second-order valence-corrected chi connectivity index (χ2v) is 6.01. The highest BCUT2D eigenvalue weighted by Crippen LogP contribution is 2.51. The highest BCUT2D eigenvalue weighted by atomic mass is 79.9. The van der Waals surface area contributed by atoms with Gasteiger partial charge in [-0.3, -0.25) is 0 Å². The van der Waals surface area contributed by atoms with Gasteiger partial charge in [-0.25, -0.2) is 4.39 Å². The zero-order valence-electron chi connectivity index (χ0n) is 10.4. The minimum Gasteiger partial charge on any atom is -0.314 e. The van der Waals surface area contributed by atoms with Crippen LogP contribution in [0, 0.1) is 11.2 Å². The van der Waals surface area contributed by atoms with Crippen molar-refractivity contribution in [2.75, 3.05) is 6.54 Å². The Morgan fingerprint density at radius 3 is 2.65 bits per heavy atom. The summed E-state index contributed by atoms with van der Waals surface area (Å²) in [5.74, 6) is -0.152. The monoisotopic (exact) mass is 299 g/mol. The third kappa shape index (κ3) is 3.08. The molecule has 1 N–H and O–H groups in total. The van der Waals surface area contributed by atoms with Crippen molar-refractivity contribution in [2.45, 2.75) is 39.2 Å². The molecule has 0 spiro atoms. The fourth-order valence-electron chi connectivity index (χ4n) is 2.57. The molecule has 0 aliphatic heterocycles. The Bertz CT molecular complexity index is 381. The Morgan fingerprint density at radius 1 is 1.41 bits per heavy atom. The van der Waals surface area contributed by atoms with E-state index in [4.69, 9.17) is 0 Å². The fourth-order valence-corrected chi connectivity index (χ4v) is 3.08. The van der Waals surface area contributed by atoms with E-state index in [1.54, 1.807) is 6.07 Å². The van der Waals surface area contributed by atoms with Gasteiger partial charge >= 0.3 is 0 Å². The molecule has 0 bridgehead atoms. The Hall–Kier alpha value is -0.410. The summed E-state index contributed by atoms with van der Waals surface area (Å²) in [6.45, 7) is 5.37. The molecule has 0 amide bonds. The van der Waals surface area contributed by atoms with Gasteiger partial charge in [0.25, 0.3) is 0 Å². The largest absolute Gasteiger partial charge is 0.314 e. The SMILES string of the molecule is CCNC(C)C1(Cc2cc(F)cc(Br)c2)CC1. The molecule has 1 saturated carbocycles. The van der Waals surface area contributed by atoms with Crippen LogP contribution in [-0.4, -0.2) is 12.6 Å². The van der Waals surface area contributed by atoms with E-state index in [1.165, 1.54) is 18.9 Å². The fraction of sp³-hybridized carbons (Fsp3) is 0.571. The van der Waals surface area contributed by atoms with Gasteiger partial charge in [0.15, 0.2) is 0 Å². The van der Waals surface area contributed by atoms with E-state index < -0.39 is 0 Å². The standard InChI is InChI=1S/C14H19BrFN/c1-3-17-10(2)14(4-5-14)9-11-6-12(15)8-13(16)7-11/h6-8,10,17H,3-5,9H2,1-2H3.